The first-order chi connectivity index (χ1) is 13.1. The van der Waals surface area contributed by atoms with Gasteiger partial charge in [-0.1, -0.05) is 12.1 Å². The van der Waals surface area contributed by atoms with Crippen LogP contribution in [-0.4, -0.2) is 46.8 Å². The monoisotopic (exact) mass is 376 g/mol. The van der Waals surface area contributed by atoms with Crippen LogP contribution in [0.3, 0.4) is 0 Å². The first kappa shape index (κ1) is 19.1. The average Bonchev–Trinajstić information content (AvgIpc) is 2.69. The Kier molecular flexibility index (Phi) is 6.20. The number of hydrogen-bond acceptors (Lipinski definition) is 5. The molecule has 1 aliphatic rings. The fraction of sp³-hybridized carbons (Fsp3) is 0.368. The second kappa shape index (κ2) is 8.79. The Morgan fingerprint density at radius 3 is 2.59 bits per heavy atom. The lowest BCUT2D eigenvalue weighted by Crippen LogP contribution is -2.42. The van der Waals surface area contributed by atoms with E-state index < -0.39 is 5.43 Å². The molecule has 0 radical (unpaired) electrons. The molecule has 0 bridgehead atoms. The fourth-order valence-corrected chi connectivity index (χ4v) is 2.79. The van der Waals surface area contributed by atoms with E-state index in [1.807, 2.05) is 0 Å². The number of amides is 1. The highest BCUT2D eigenvalue weighted by Crippen LogP contribution is 2.12. The van der Waals surface area contributed by atoms with Crippen LogP contribution >= 0.6 is 0 Å². The standard InChI is InChI=1S/C19H21FN2O5/c20-15-3-1-14(2-4-15)13-27-18-10-22(16(12-23)9-17(18)24)11-19(25)21-5-7-26-8-6-21/h1-4,9-10,23H,5-8,11-13H2. The maximum atomic E-state index is 13.0. The first-order valence-electron chi connectivity index (χ1n) is 8.64. The number of halogens is 1. The van der Waals surface area contributed by atoms with Crippen LogP contribution in [0.4, 0.5) is 4.39 Å². The lowest BCUT2D eigenvalue weighted by atomic mass is 10.2. The summed E-state index contributed by atoms with van der Waals surface area (Å²) >= 11 is 0. The zero-order valence-electron chi connectivity index (χ0n) is 14.8. The predicted molar refractivity (Wildman–Crippen MR) is 94.8 cm³/mol. The summed E-state index contributed by atoms with van der Waals surface area (Å²) in [5.41, 5.74) is 0.643. The summed E-state index contributed by atoms with van der Waals surface area (Å²) in [6.07, 6.45) is 1.43. The van der Waals surface area contributed by atoms with Gasteiger partial charge >= 0.3 is 0 Å². The molecule has 144 valence electrons. The Bertz CT molecular complexity index is 844. The summed E-state index contributed by atoms with van der Waals surface area (Å²) in [7, 11) is 0. The van der Waals surface area contributed by atoms with Gasteiger partial charge in [0.15, 0.2) is 5.75 Å². The van der Waals surface area contributed by atoms with Crippen molar-refractivity contribution in [3.63, 3.8) is 0 Å². The number of nitrogens with zero attached hydrogens (tertiary/aromatic N) is 2. The molecule has 3 rings (SSSR count). The van der Waals surface area contributed by atoms with Crippen LogP contribution in [0.25, 0.3) is 0 Å². The third kappa shape index (κ3) is 4.93. The smallest absolute Gasteiger partial charge is 0.242 e. The Morgan fingerprint density at radius 1 is 1.22 bits per heavy atom. The molecule has 27 heavy (non-hydrogen) atoms. The van der Waals surface area contributed by atoms with Crippen LogP contribution < -0.4 is 10.2 Å². The summed E-state index contributed by atoms with van der Waals surface area (Å²) in [6.45, 7) is 1.73. The molecular weight excluding hydrogens is 355 g/mol. The van der Waals surface area contributed by atoms with E-state index in [0.717, 1.165) is 0 Å². The van der Waals surface area contributed by atoms with Gasteiger partial charge in [-0.15, -0.1) is 0 Å². The molecule has 0 spiro atoms. The third-order valence-electron chi connectivity index (χ3n) is 4.32. The van der Waals surface area contributed by atoms with Crippen molar-refractivity contribution in [3.8, 4) is 5.75 Å². The summed E-state index contributed by atoms with van der Waals surface area (Å²) in [4.78, 5) is 26.3. The van der Waals surface area contributed by atoms with E-state index >= 15 is 0 Å². The van der Waals surface area contributed by atoms with Crippen LogP contribution in [0.1, 0.15) is 11.3 Å². The van der Waals surface area contributed by atoms with Crippen molar-refractivity contribution in [1.82, 2.24) is 9.47 Å². The normalized spacial score (nSPS) is 14.2. The lowest BCUT2D eigenvalue weighted by molar-refractivity contribution is -0.135. The van der Waals surface area contributed by atoms with Gasteiger partial charge in [-0.25, -0.2) is 4.39 Å². The van der Waals surface area contributed by atoms with Crippen molar-refractivity contribution in [2.45, 2.75) is 19.8 Å². The van der Waals surface area contributed by atoms with Crippen molar-refractivity contribution in [3.05, 3.63) is 63.8 Å². The molecule has 0 saturated carbocycles. The second-order valence-corrected chi connectivity index (χ2v) is 6.19. The third-order valence-corrected chi connectivity index (χ3v) is 4.32. The number of pyridine rings is 1. The number of ether oxygens (including phenoxy) is 2. The molecule has 1 amide bonds. The largest absolute Gasteiger partial charge is 0.483 e. The van der Waals surface area contributed by atoms with Gasteiger partial charge in [0.1, 0.15) is 19.0 Å². The Balaban J connectivity index is 1.74. The minimum atomic E-state index is -0.392. The lowest BCUT2D eigenvalue weighted by Gasteiger charge is -2.27. The van der Waals surface area contributed by atoms with Crippen LogP contribution in [0.5, 0.6) is 5.75 Å². The maximum absolute atomic E-state index is 13.0. The van der Waals surface area contributed by atoms with Crippen molar-refractivity contribution in [2.24, 2.45) is 0 Å². The van der Waals surface area contributed by atoms with Crippen LogP contribution in [-0.2, 0) is 29.3 Å². The van der Waals surface area contributed by atoms with E-state index in [2.05, 4.69) is 0 Å². The zero-order chi connectivity index (χ0) is 19.2. The van der Waals surface area contributed by atoms with E-state index in [-0.39, 0.29) is 37.2 Å². The summed E-state index contributed by atoms with van der Waals surface area (Å²) < 4.78 is 25.3. The number of aromatic nitrogens is 1. The van der Waals surface area contributed by atoms with Crippen molar-refractivity contribution in [1.29, 1.82) is 0 Å². The highest BCUT2D eigenvalue weighted by Gasteiger charge is 2.18. The molecule has 1 aromatic heterocycles. The van der Waals surface area contributed by atoms with Crippen LogP contribution in [0, 0.1) is 5.82 Å². The number of aliphatic hydroxyl groups excluding tert-OH is 1. The van der Waals surface area contributed by atoms with Crippen LogP contribution in [0.15, 0.2) is 41.3 Å². The molecular formula is C19H21FN2O5. The number of aliphatic hydroxyl groups is 1. The minimum absolute atomic E-state index is 0.0108. The zero-order valence-corrected chi connectivity index (χ0v) is 14.8. The van der Waals surface area contributed by atoms with Crippen molar-refractivity contribution < 1.29 is 23.8 Å². The highest BCUT2D eigenvalue weighted by molar-refractivity contribution is 5.76. The minimum Gasteiger partial charge on any atom is -0.483 e. The quantitative estimate of drug-likeness (QED) is 0.811. The van der Waals surface area contributed by atoms with Crippen molar-refractivity contribution in [2.75, 3.05) is 26.3 Å². The molecule has 1 saturated heterocycles. The number of morpholine rings is 1. The van der Waals surface area contributed by atoms with E-state index in [0.29, 0.717) is 37.6 Å². The molecule has 0 atom stereocenters. The number of hydrogen-bond donors (Lipinski definition) is 1. The Morgan fingerprint density at radius 2 is 1.93 bits per heavy atom. The SMILES string of the molecule is O=C(Cn1cc(OCc2ccc(F)cc2)c(=O)cc1CO)N1CCOCC1. The number of benzene rings is 1. The summed E-state index contributed by atoms with van der Waals surface area (Å²) in [5.74, 6) is -0.414. The Hall–Kier alpha value is -2.71. The van der Waals surface area contributed by atoms with E-state index in [1.165, 1.54) is 29.0 Å². The highest BCUT2D eigenvalue weighted by atomic mass is 19.1. The molecule has 1 fully saturated rings. The molecule has 2 heterocycles. The molecule has 1 N–H and O–H groups in total. The maximum Gasteiger partial charge on any atom is 0.242 e. The van der Waals surface area contributed by atoms with Gasteiger partial charge in [-0.05, 0) is 17.7 Å². The van der Waals surface area contributed by atoms with Gasteiger partial charge in [0.2, 0.25) is 11.3 Å². The van der Waals surface area contributed by atoms with Gasteiger partial charge in [0.25, 0.3) is 0 Å². The van der Waals surface area contributed by atoms with Gasteiger partial charge in [0, 0.05) is 24.8 Å². The first-order valence-corrected chi connectivity index (χ1v) is 8.64. The van der Waals surface area contributed by atoms with Crippen LogP contribution in [0.2, 0.25) is 0 Å². The molecule has 0 aliphatic carbocycles. The second-order valence-electron chi connectivity index (χ2n) is 6.19. The molecule has 2 aromatic rings. The summed E-state index contributed by atoms with van der Waals surface area (Å²) in [5, 5.41) is 9.51. The average molecular weight is 376 g/mol. The van der Waals surface area contributed by atoms with Gasteiger partial charge in [-0.2, -0.15) is 0 Å². The molecule has 1 aliphatic heterocycles. The number of carbonyl (C=O) groups is 1. The molecule has 1 aromatic carbocycles. The van der Waals surface area contributed by atoms with E-state index in [4.69, 9.17) is 9.47 Å². The van der Waals surface area contributed by atoms with Crippen molar-refractivity contribution >= 4 is 5.91 Å². The van der Waals surface area contributed by atoms with E-state index in [9.17, 15) is 19.1 Å². The Labute approximate surface area is 155 Å². The summed E-state index contributed by atoms with van der Waals surface area (Å²) in [6, 6.07) is 7.02. The predicted octanol–water partition coefficient (Wildman–Crippen LogP) is 0.917. The number of rotatable bonds is 6. The van der Waals surface area contributed by atoms with Gasteiger partial charge in [0.05, 0.1) is 26.0 Å². The molecule has 0 unspecified atom stereocenters. The van der Waals surface area contributed by atoms with Gasteiger partial charge < -0.3 is 24.0 Å². The van der Waals surface area contributed by atoms with Gasteiger partial charge in [-0.3, -0.25) is 9.59 Å². The number of carbonyl (C=O) groups excluding carboxylic acids is 1. The molecule has 7 nitrogen and oxygen atoms in total. The fourth-order valence-electron chi connectivity index (χ4n) is 2.79. The topological polar surface area (TPSA) is 81.0 Å². The van der Waals surface area contributed by atoms with E-state index in [1.54, 1.807) is 17.0 Å². The molecule has 8 heteroatoms.